The summed E-state index contributed by atoms with van der Waals surface area (Å²) in [6.07, 6.45) is 9.27. The lowest BCUT2D eigenvalue weighted by Crippen LogP contribution is -2.54. The van der Waals surface area contributed by atoms with E-state index in [9.17, 15) is 14.4 Å². The highest BCUT2D eigenvalue weighted by molar-refractivity contribution is 5.97. The largest absolute Gasteiger partial charge is 0.345 e. The molecule has 1 heterocycles. The van der Waals surface area contributed by atoms with E-state index in [0.29, 0.717) is 0 Å². The number of nitrogens with zero attached hydrogens (tertiary/aromatic N) is 2. The highest BCUT2D eigenvalue weighted by Gasteiger charge is 2.32. The molecule has 1 saturated carbocycles. The van der Waals surface area contributed by atoms with Crippen molar-refractivity contribution in [1.82, 2.24) is 20.6 Å². The van der Waals surface area contributed by atoms with E-state index in [-0.39, 0.29) is 23.3 Å². The molecule has 0 aromatic carbocycles. The molecule has 1 fully saturated rings. The van der Waals surface area contributed by atoms with Gasteiger partial charge in [0, 0.05) is 12.4 Å². The van der Waals surface area contributed by atoms with Crippen LogP contribution < -0.4 is 10.6 Å². The van der Waals surface area contributed by atoms with Gasteiger partial charge in [-0.05, 0) is 32.6 Å². The van der Waals surface area contributed by atoms with E-state index >= 15 is 0 Å². The topological polar surface area (TPSA) is 101 Å². The van der Waals surface area contributed by atoms with Gasteiger partial charge in [0.1, 0.15) is 11.7 Å². The number of amides is 2. The third-order valence-corrected chi connectivity index (χ3v) is 4.45. The molecule has 0 aliphatic heterocycles. The fraction of sp³-hybridized carbons (Fsp3) is 0.588. The maximum absolute atomic E-state index is 12.6. The average molecular weight is 332 g/mol. The van der Waals surface area contributed by atoms with Gasteiger partial charge in [0.2, 0.25) is 5.91 Å². The van der Waals surface area contributed by atoms with Crippen molar-refractivity contribution in [3.63, 3.8) is 0 Å². The van der Waals surface area contributed by atoms with Gasteiger partial charge in [-0.3, -0.25) is 19.4 Å². The van der Waals surface area contributed by atoms with Crippen LogP contribution in [0.2, 0.25) is 0 Å². The van der Waals surface area contributed by atoms with Gasteiger partial charge in [-0.1, -0.05) is 19.3 Å². The zero-order valence-corrected chi connectivity index (χ0v) is 14.1. The monoisotopic (exact) mass is 332 g/mol. The molecule has 2 N–H and O–H groups in total. The van der Waals surface area contributed by atoms with E-state index in [4.69, 9.17) is 0 Å². The molecule has 1 aliphatic rings. The second kappa shape index (κ2) is 8.52. The Labute approximate surface area is 141 Å². The molecule has 24 heavy (non-hydrogen) atoms. The van der Waals surface area contributed by atoms with Gasteiger partial charge in [-0.25, -0.2) is 4.98 Å². The molecule has 1 unspecified atom stereocenters. The van der Waals surface area contributed by atoms with E-state index < -0.39 is 18.0 Å². The summed E-state index contributed by atoms with van der Waals surface area (Å²) in [5.74, 6) is -0.796. The number of aromatic nitrogens is 2. The zero-order valence-electron chi connectivity index (χ0n) is 14.1. The maximum Gasteiger partial charge on any atom is 0.272 e. The Balaban J connectivity index is 2.11. The van der Waals surface area contributed by atoms with Crippen LogP contribution in [0.15, 0.2) is 18.6 Å². The van der Waals surface area contributed by atoms with Crippen LogP contribution in [0, 0.1) is 5.92 Å². The summed E-state index contributed by atoms with van der Waals surface area (Å²) >= 11 is 0. The Bertz CT molecular complexity index is 585. The first-order valence-corrected chi connectivity index (χ1v) is 8.36. The summed E-state index contributed by atoms with van der Waals surface area (Å²) in [5, 5.41) is 5.48. The molecule has 1 aliphatic carbocycles. The second-order valence-corrected chi connectivity index (χ2v) is 6.28. The first-order valence-electron chi connectivity index (χ1n) is 8.36. The third kappa shape index (κ3) is 4.84. The Hall–Kier alpha value is -2.31. The minimum absolute atomic E-state index is 0.0681. The maximum atomic E-state index is 12.6. The summed E-state index contributed by atoms with van der Waals surface area (Å²) in [5.41, 5.74) is 0.172. The molecule has 0 spiro atoms. The van der Waals surface area contributed by atoms with Crippen LogP contribution in [0.3, 0.4) is 0 Å². The first-order chi connectivity index (χ1) is 11.5. The summed E-state index contributed by atoms with van der Waals surface area (Å²) in [6.45, 7) is 3.07. The van der Waals surface area contributed by atoms with E-state index in [2.05, 4.69) is 20.6 Å². The number of carbonyl (C=O) groups excluding carboxylic acids is 3. The molecule has 2 rings (SSSR count). The normalized spacial score (nSPS) is 17.6. The first kappa shape index (κ1) is 18.0. The summed E-state index contributed by atoms with van der Waals surface area (Å²) in [7, 11) is 0. The molecule has 7 nitrogen and oxygen atoms in total. The molecular weight excluding hydrogens is 308 g/mol. The lowest BCUT2D eigenvalue weighted by Gasteiger charge is -2.30. The fourth-order valence-electron chi connectivity index (χ4n) is 2.90. The van der Waals surface area contributed by atoms with Gasteiger partial charge in [-0.2, -0.15) is 0 Å². The summed E-state index contributed by atoms with van der Waals surface area (Å²) in [4.78, 5) is 44.2. The number of hydrogen-bond donors (Lipinski definition) is 2. The zero-order chi connectivity index (χ0) is 17.5. The third-order valence-electron chi connectivity index (χ3n) is 4.45. The number of rotatable bonds is 6. The Morgan fingerprint density at radius 2 is 1.83 bits per heavy atom. The molecule has 2 amide bonds. The lowest BCUT2D eigenvalue weighted by atomic mass is 9.83. The van der Waals surface area contributed by atoms with Gasteiger partial charge >= 0.3 is 0 Å². The number of nitrogens with one attached hydrogen (secondary N) is 2. The van der Waals surface area contributed by atoms with Gasteiger partial charge in [0.15, 0.2) is 5.78 Å². The summed E-state index contributed by atoms with van der Waals surface area (Å²) in [6, 6.07) is -1.24. The summed E-state index contributed by atoms with van der Waals surface area (Å²) < 4.78 is 0. The van der Waals surface area contributed by atoms with Crippen molar-refractivity contribution in [3.05, 3.63) is 24.3 Å². The van der Waals surface area contributed by atoms with Crippen LogP contribution in [0.4, 0.5) is 0 Å². The van der Waals surface area contributed by atoms with Gasteiger partial charge < -0.3 is 10.6 Å². The van der Waals surface area contributed by atoms with E-state index in [0.717, 1.165) is 32.1 Å². The van der Waals surface area contributed by atoms with Crippen molar-refractivity contribution in [2.45, 2.75) is 58.0 Å². The van der Waals surface area contributed by atoms with Crippen LogP contribution in [-0.4, -0.2) is 39.6 Å². The quantitative estimate of drug-likeness (QED) is 0.816. The van der Waals surface area contributed by atoms with Crippen molar-refractivity contribution < 1.29 is 14.4 Å². The Morgan fingerprint density at radius 1 is 1.12 bits per heavy atom. The number of hydrogen-bond acceptors (Lipinski definition) is 5. The average Bonchev–Trinajstić information content (AvgIpc) is 2.60. The van der Waals surface area contributed by atoms with Crippen LogP contribution >= 0.6 is 0 Å². The van der Waals surface area contributed by atoms with Crippen molar-refractivity contribution in [2.24, 2.45) is 5.92 Å². The molecule has 0 saturated heterocycles. The standard InChI is InChI=1S/C17H24N4O3/c1-11(12(2)22)20-17(24)15(13-6-4-3-5-7-13)21-16(23)14-10-18-8-9-19-14/h8-11,13,15H,3-7H2,1-2H3,(H,20,24)(H,21,23)/t11?,15-/m0/s1. The molecule has 1 aromatic rings. The van der Waals surface area contributed by atoms with Gasteiger partial charge in [0.25, 0.3) is 5.91 Å². The van der Waals surface area contributed by atoms with E-state index in [1.807, 2.05) is 0 Å². The van der Waals surface area contributed by atoms with Crippen molar-refractivity contribution in [3.8, 4) is 0 Å². The van der Waals surface area contributed by atoms with Crippen LogP contribution in [0.5, 0.6) is 0 Å². The van der Waals surface area contributed by atoms with Crippen molar-refractivity contribution in [2.75, 3.05) is 0 Å². The Morgan fingerprint density at radius 3 is 2.42 bits per heavy atom. The van der Waals surface area contributed by atoms with E-state index in [1.54, 1.807) is 6.92 Å². The van der Waals surface area contributed by atoms with Crippen LogP contribution in [0.1, 0.15) is 56.4 Å². The predicted octanol–water partition coefficient (Wildman–Crippen LogP) is 1.25. The molecule has 0 bridgehead atoms. The smallest absolute Gasteiger partial charge is 0.272 e. The second-order valence-electron chi connectivity index (χ2n) is 6.28. The molecule has 0 radical (unpaired) electrons. The van der Waals surface area contributed by atoms with Crippen LogP contribution in [-0.2, 0) is 9.59 Å². The minimum atomic E-state index is -0.665. The van der Waals surface area contributed by atoms with E-state index in [1.165, 1.54) is 25.5 Å². The highest BCUT2D eigenvalue weighted by atomic mass is 16.2. The van der Waals surface area contributed by atoms with Gasteiger partial charge in [0.05, 0.1) is 12.2 Å². The Kier molecular flexibility index (Phi) is 6.40. The molecule has 2 atom stereocenters. The van der Waals surface area contributed by atoms with Crippen molar-refractivity contribution in [1.29, 1.82) is 0 Å². The van der Waals surface area contributed by atoms with Crippen molar-refractivity contribution >= 4 is 17.6 Å². The minimum Gasteiger partial charge on any atom is -0.345 e. The molecule has 130 valence electrons. The highest BCUT2D eigenvalue weighted by Crippen LogP contribution is 2.27. The molecule has 7 heteroatoms. The number of ketones is 1. The molecule has 1 aromatic heterocycles. The predicted molar refractivity (Wildman–Crippen MR) is 88.1 cm³/mol. The fourth-order valence-corrected chi connectivity index (χ4v) is 2.90. The SMILES string of the molecule is CC(=O)C(C)NC(=O)[C@@H](NC(=O)c1cnccn1)C1CCCCC1. The number of carbonyl (C=O) groups is 3. The van der Waals surface area contributed by atoms with Gasteiger partial charge in [-0.15, -0.1) is 0 Å². The van der Waals surface area contributed by atoms with Crippen LogP contribution in [0.25, 0.3) is 0 Å². The number of Topliss-reactive ketones (excluding diaryl/α,β-unsaturated/α-hetero) is 1. The molecular formula is C17H24N4O3. The lowest BCUT2D eigenvalue weighted by molar-refractivity contribution is -0.128.